The van der Waals surface area contributed by atoms with Crippen LogP contribution in [0.3, 0.4) is 0 Å². The van der Waals surface area contributed by atoms with E-state index in [1.807, 2.05) is 6.07 Å². The molecule has 0 spiro atoms. The summed E-state index contributed by atoms with van der Waals surface area (Å²) in [5.74, 6) is 0. The molecule has 4 nitrogen and oxygen atoms in total. The molecule has 0 saturated carbocycles. The average Bonchev–Trinajstić information content (AvgIpc) is 2.42. The van der Waals surface area contributed by atoms with Crippen molar-refractivity contribution < 1.29 is 8.42 Å². The van der Waals surface area contributed by atoms with Gasteiger partial charge in [-0.25, -0.2) is 8.42 Å². The van der Waals surface area contributed by atoms with Gasteiger partial charge in [-0.3, -0.25) is 4.31 Å². The molecular weight excluding hydrogens is 408 g/mol. The summed E-state index contributed by atoms with van der Waals surface area (Å²) in [4.78, 5) is 0.0603. The highest BCUT2D eigenvalue weighted by Crippen LogP contribution is 2.33. The van der Waals surface area contributed by atoms with Crippen LogP contribution in [0.1, 0.15) is 0 Å². The molecule has 0 radical (unpaired) electrons. The van der Waals surface area contributed by atoms with Gasteiger partial charge in [0.05, 0.1) is 11.4 Å². The van der Waals surface area contributed by atoms with Gasteiger partial charge in [-0.15, -0.1) is 0 Å². The molecular formula is C13H12Br2N2O2S. The first-order chi connectivity index (χ1) is 9.34. The van der Waals surface area contributed by atoms with Crippen molar-refractivity contribution in [2.24, 2.45) is 0 Å². The van der Waals surface area contributed by atoms with Crippen LogP contribution in [0.5, 0.6) is 0 Å². The fourth-order valence-electron chi connectivity index (χ4n) is 1.70. The average molecular weight is 420 g/mol. The zero-order valence-electron chi connectivity index (χ0n) is 10.5. The maximum atomic E-state index is 12.7. The zero-order chi connectivity index (χ0) is 14.9. The summed E-state index contributed by atoms with van der Waals surface area (Å²) < 4.78 is 27.7. The van der Waals surface area contributed by atoms with E-state index in [0.29, 0.717) is 14.6 Å². The number of halogens is 2. The van der Waals surface area contributed by atoms with Crippen LogP contribution in [0.4, 0.5) is 11.4 Å². The summed E-state index contributed by atoms with van der Waals surface area (Å²) in [5.41, 5.74) is 6.64. The van der Waals surface area contributed by atoms with E-state index >= 15 is 0 Å². The first-order valence-corrected chi connectivity index (χ1v) is 8.65. The van der Waals surface area contributed by atoms with Crippen LogP contribution >= 0.6 is 31.9 Å². The van der Waals surface area contributed by atoms with E-state index in [4.69, 9.17) is 5.73 Å². The summed E-state index contributed by atoms with van der Waals surface area (Å²) >= 11 is 6.53. The number of sulfonamides is 1. The van der Waals surface area contributed by atoms with E-state index in [9.17, 15) is 8.42 Å². The van der Waals surface area contributed by atoms with E-state index in [1.54, 1.807) is 30.3 Å². The number of hydrogen-bond acceptors (Lipinski definition) is 3. The van der Waals surface area contributed by atoms with Crippen LogP contribution in [-0.2, 0) is 10.0 Å². The Morgan fingerprint density at radius 2 is 1.70 bits per heavy atom. The Bertz CT molecular complexity index is 734. The van der Waals surface area contributed by atoms with Crippen LogP contribution < -0.4 is 10.0 Å². The second-order valence-electron chi connectivity index (χ2n) is 4.11. The fraction of sp³-hybridized carbons (Fsp3) is 0.0769. The lowest BCUT2D eigenvalue weighted by atomic mass is 10.3. The minimum atomic E-state index is -3.72. The predicted molar refractivity (Wildman–Crippen MR) is 88.3 cm³/mol. The van der Waals surface area contributed by atoms with E-state index in [2.05, 4.69) is 31.9 Å². The number of anilines is 2. The maximum Gasteiger partial charge on any atom is 0.266 e. The van der Waals surface area contributed by atoms with Crippen molar-refractivity contribution >= 4 is 53.3 Å². The third kappa shape index (κ3) is 2.84. The predicted octanol–water partition coefficient (Wildman–Crippen LogP) is 3.62. The summed E-state index contributed by atoms with van der Waals surface area (Å²) in [6.45, 7) is 0. The molecule has 7 heteroatoms. The Morgan fingerprint density at radius 1 is 1.10 bits per heavy atom. The molecule has 0 saturated heterocycles. The number of hydrogen-bond donors (Lipinski definition) is 1. The Hall–Kier alpha value is -1.05. The Morgan fingerprint density at radius 3 is 2.30 bits per heavy atom. The van der Waals surface area contributed by atoms with Crippen molar-refractivity contribution in [3.63, 3.8) is 0 Å². The lowest BCUT2D eigenvalue weighted by Crippen LogP contribution is -2.27. The third-order valence-corrected chi connectivity index (χ3v) is 5.75. The minimum Gasteiger partial charge on any atom is -0.397 e. The Balaban J connectivity index is 2.57. The molecule has 2 aromatic carbocycles. The van der Waals surface area contributed by atoms with Crippen LogP contribution in [0.2, 0.25) is 0 Å². The highest BCUT2D eigenvalue weighted by Gasteiger charge is 2.25. The van der Waals surface area contributed by atoms with Gasteiger partial charge >= 0.3 is 0 Å². The number of para-hydroxylation sites is 1. The summed E-state index contributed by atoms with van der Waals surface area (Å²) in [6.07, 6.45) is 0. The van der Waals surface area contributed by atoms with Crippen LogP contribution in [0.25, 0.3) is 0 Å². The molecule has 20 heavy (non-hydrogen) atoms. The minimum absolute atomic E-state index is 0.0603. The van der Waals surface area contributed by atoms with Gasteiger partial charge in [0.15, 0.2) is 0 Å². The number of rotatable bonds is 3. The first kappa shape index (κ1) is 15.3. The molecule has 0 fully saturated rings. The molecule has 2 aromatic rings. The molecule has 0 bridgehead atoms. The van der Waals surface area contributed by atoms with Crippen molar-refractivity contribution in [2.45, 2.75) is 4.90 Å². The molecule has 0 atom stereocenters. The molecule has 0 heterocycles. The summed E-state index contributed by atoms with van der Waals surface area (Å²) in [7, 11) is -2.22. The van der Waals surface area contributed by atoms with Crippen LogP contribution in [0, 0.1) is 0 Å². The lowest BCUT2D eigenvalue weighted by Gasteiger charge is -2.21. The van der Waals surface area contributed by atoms with Crippen molar-refractivity contribution in [1.82, 2.24) is 0 Å². The molecule has 0 unspecified atom stereocenters. The van der Waals surface area contributed by atoms with Gasteiger partial charge in [0.1, 0.15) is 4.90 Å². The molecule has 0 aliphatic carbocycles. The monoisotopic (exact) mass is 418 g/mol. The first-order valence-electron chi connectivity index (χ1n) is 5.62. The van der Waals surface area contributed by atoms with Crippen molar-refractivity contribution in [3.8, 4) is 0 Å². The van der Waals surface area contributed by atoms with Gasteiger partial charge in [-0.05, 0) is 40.2 Å². The van der Waals surface area contributed by atoms with Crippen molar-refractivity contribution in [2.75, 3.05) is 17.1 Å². The van der Waals surface area contributed by atoms with E-state index in [0.717, 1.165) is 0 Å². The lowest BCUT2D eigenvalue weighted by molar-refractivity contribution is 0.594. The molecule has 106 valence electrons. The fourth-order valence-corrected chi connectivity index (χ4v) is 4.56. The normalized spacial score (nSPS) is 11.3. The van der Waals surface area contributed by atoms with E-state index in [-0.39, 0.29) is 10.6 Å². The van der Waals surface area contributed by atoms with Gasteiger partial charge in [-0.1, -0.05) is 34.1 Å². The van der Waals surface area contributed by atoms with E-state index in [1.165, 1.54) is 17.4 Å². The number of nitrogens with two attached hydrogens (primary N) is 1. The largest absolute Gasteiger partial charge is 0.397 e. The zero-order valence-corrected chi connectivity index (χ0v) is 14.5. The summed E-state index contributed by atoms with van der Waals surface area (Å²) in [6, 6.07) is 12.0. The van der Waals surface area contributed by atoms with Gasteiger partial charge in [0.25, 0.3) is 10.0 Å². The SMILES string of the molecule is CN(c1ccccc1)S(=O)(=O)c1cc(Br)cc(Br)c1N. The molecule has 2 N–H and O–H groups in total. The van der Waals surface area contributed by atoms with Gasteiger partial charge < -0.3 is 5.73 Å². The maximum absolute atomic E-state index is 12.7. The van der Waals surface area contributed by atoms with Gasteiger partial charge in [0.2, 0.25) is 0 Å². The quantitative estimate of drug-likeness (QED) is 0.772. The smallest absolute Gasteiger partial charge is 0.266 e. The molecule has 2 rings (SSSR count). The number of benzene rings is 2. The van der Waals surface area contributed by atoms with Crippen LogP contribution in [0.15, 0.2) is 56.3 Å². The van der Waals surface area contributed by atoms with Crippen molar-refractivity contribution in [1.29, 1.82) is 0 Å². The summed E-state index contributed by atoms with van der Waals surface area (Å²) in [5, 5.41) is 0. The highest BCUT2D eigenvalue weighted by atomic mass is 79.9. The molecule has 0 aliphatic rings. The van der Waals surface area contributed by atoms with Crippen LogP contribution in [-0.4, -0.2) is 15.5 Å². The highest BCUT2D eigenvalue weighted by molar-refractivity contribution is 9.11. The van der Waals surface area contributed by atoms with Crippen molar-refractivity contribution in [3.05, 3.63) is 51.4 Å². The number of nitrogens with zero attached hydrogens (tertiary/aromatic N) is 1. The topological polar surface area (TPSA) is 63.4 Å². The Kier molecular flexibility index (Phi) is 4.41. The Labute approximate surface area is 134 Å². The van der Waals surface area contributed by atoms with E-state index < -0.39 is 10.0 Å². The second kappa shape index (κ2) is 5.75. The number of nitrogen functional groups attached to an aromatic ring is 1. The third-order valence-electron chi connectivity index (χ3n) is 2.81. The second-order valence-corrected chi connectivity index (χ2v) is 7.82. The molecule has 0 aromatic heterocycles. The standard InChI is InChI=1S/C13H12Br2N2O2S/c1-17(10-5-3-2-4-6-10)20(18,19)12-8-9(14)7-11(15)13(12)16/h2-8H,16H2,1H3. The molecule has 0 aliphatic heterocycles. The van der Waals surface area contributed by atoms with Gasteiger partial charge in [0, 0.05) is 16.0 Å². The van der Waals surface area contributed by atoms with Gasteiger partial charge in [-0.2, -0.15) is 0 Å². The molecule has 0 amide bonds.